The van der Waals surface area contributed by atoms with Crippen LogP contribution in [0.5, 0.6) is 0 Å². The first-order valence-corrected chi connectivity index (χ1v) is 5.84. The molecule has 18 heavy (non-hydrogen) atoms. The van der Waals surface area contributed by atoms with Crippen LogP contribution in [0.3, 0.4) is 0 Å². The quantitative estimate of drug-likeness (QED) is 0.663. The molecule has 2 aromatic rings. The van der Waals surface area contributed by atoms with Gasteiger partial charge in [-0.15, -0.1) is 0 Å². The number of halogens is 2. The summed E-state index contributed by atoms with van der Waals surface area (Å²) in [5.41, 5.74) is 4.93. The van der Waals surface area contributed by atoms with Crippen molar-refractivity contribution in [3.05, 3.63) is 64.2 Å². The van der Waals surface area contributed by atoms with Gasteiger partial charge in [-0.1, -0.05) is 17.7 Å². The van der Waals surface area contributed by atoms with Crippen LogP contribution in [0, 0.1) is 12.7 Å². The van der Waals surface area contributed by atoms with E-state index in [-0.39, 0.29) is 11.9 Å². The normalized spacial score (nSPS) is 12.4. The Balaban J connectivity index is 2.49. The average molecular weight is 266 g/mol. The summed E-state index contributed by atoms with van der Waals surface area (Å²) >= 11 is 6.10. The van der Waals surface area contributed by atoms with Gasteiger partial charge in [-0.3, -0.25) is 10.8 Å². The number of nitrogens with one attached hydrogen (secondary N) is 1. The summed E-state index contributed by atoms with van der Waals surface area (Å²) in [4.78, 5) is 4.22. The number of hydrogen-bond donors (Lipinski definition) is 2. The number of rotatable bonds is 3. The summed E-state index contributed by atoms with van der Waals surface area (Å²) in [7, 11) is 0. The second-order valence-corrected chi connectivity index (χ2v) is 4.38. The standard InChI is InChI=1S/C13H13ClFN3/c1-8-7-9(15)4-5-10(8)12(18-16)13-11(14)3-2-6-17-13/h2-7,12,18H,16H2,1H3. The Morgan fingerprint density at radius 3 is 2.78 bits per heavy atom. The van der Waals surface area contributed by atoms with Gasteiger partial charge in [0, 0.05) is 6.20 Å². The largest absolute Gasteiger partial charge is 0.271 e. The molecule has 0 aliphatic rings. The highest BCUT2D eigenvalue weighted by Gasteiger charge is 2.18. The van der Waals surface area contributed by atoms with Crippen LogP contribution in [0.2, 0.25) is 5.02 Å². The van der Waals surface area contributed by atoms with Gasteiger partial charge in [0.1, 0.15) is 5.82 Å². The van der Waals surface area contributed by atoms with E-state index in [9.17, 15) is 4.39 Å². The first-order valence-electron chi connectivity index (χ1n) is 5.46. The third-order valence-corrected chi connectivity index (χ3v) is 3.09. The number of aryl methyl sites for hydroxylation is 1. The predicted octanol–water partition coefficient (Wildman–Crippen LogP) is 2.74. The molecule has 1 atom stereocenters. The van der Waals surface area contributed by atoms with E-state index in [1.54, 1.807) is 24.4 Å². The molecule has 1 aromatic carbocycles. The smallest absolute Gasteiger partial charge is 0.123 e. The molecular weight excluding hydrogens is 253 g/mol. The van der Waals surface area contributed by atoms with Crippen LogP contribution < -0.4 is 11.3 Å². The van der Waals surface area contributed by atoms with E-state index in [1.807, 2.05) is 6.92 Å². The average Bonchev–Trinajstić information content (AvgIpc) is 2.34. The summed E-state index contributed by atoms with van der Waals surface area (Å²) in [6.45, 7) is 1.82. The minimum Gasteiger partial charge on any atom is -0.271 e. The van der Waals surface area contributed by atoms with Crippen LogP contribution in [0.25, 0.3) is 0 Å². The molecule has 0 fully saturated rings. The van der Waals surface area contributed by atoms with E-state index in [1.165, 1.54) is 12.1 Å². The molecule has 3 nitrogen and oxygen atoms in total. The fraction of sp³-hybridized carbons (Fsp3) is 0.154. The Labute approximate surface area is 110 Å². The number of nitrogens with zero attached hydrogens (tertiary/aromatic N) is 1. The number of aromatic nitrogens is 1. The van der Waals surface area contributed by atoms with Crippen molar-refractivity contribution in [2.24, 2.45) is 5.84 Å². The molecule has 0 aliphatic carbocycles. The number of pyridine rings is 1. The summed E-state index contributed by atoms with van der Waals surface area (Å²) < 4.78 is 13.1. The lowest BCUT2D eigenvalue weighted by atomic mass is 9.98. The molecule has 1 heterocycles. The van der Waals surface area contributed by atoms with Crippen molar-refractivity contribution in [3.63, 3.8) is 0 Å². The van der Waals surface area contributed by atoms with Gasteiger partial charge >= 0.3 is 0 Å². The minimum absolute atomic E-state index is 0.279. The lowest BCUT2D eigenvalue weighted by molar-refractivity contribution is 0.604. The van der Waals surface area contributed by atoms with Crippen LogP contribution in [0.15, 0.2) is 36.5 Å². The van der Waals surface area contributed by atoms with Crippen LogP contribution >= 0.6 is 11.6 Å². The highest BCUT2D eigenvalue weighted by molar-refractivity contribution is 6.31. The van der Waals surface area contributed by atoms with Gasteiger partial charge in [-0.25, -0.2) is 9.82 Å². The fourth-order valence-corrected chi connectivity index (χ4v) is 2.12. The van der Waals surface area contributed by atoms with Crippen LogP contribution in [0.4, 0.5) is 4.39 Å². The van der Waals surface area contributed by atoms with E-state index in [0.29, 0.717) is 10.7 Å². The molecule has 0 amide bonds. The van der Waals surface area contributed by atoms with Crippen molar-refractivity contribution in [2.75, 3.05) is 0 Å². The topological polar surface area (TPSA) is 50.9 Å². The molecule has 0 radical (unpaired) electrons. The highest BCUT2D eigenvalue weighted by atomic mass is 35.5. The zero-order valence-corrected chi connectivity index (χ0v) is 10.6. The maximum Gasteiger partial charge on any atom is 0.123 e. The zero-order valence-electron chi connectivity index (χ0n) is 9.82. The lowest BCUT2D eigenvalue weighted by Gasteiger charge is -2.19. The second kappa shape index (κ2) is 5.44. The monoisotopic (exact) mass is 265 g/mol. The third-order valence-electron chi connectivity index (χ3n) is 2.77. The van der Waals surface area contributed by atoms with Gasteiger partial charge in [-0.05, 0) is 42.3 Å². The molecule has 1 aromatic heterocycles. The maximum atomic E-state index is 13.1. The van der Waals surface area contributed by atoms with Crippen molar-refractivity contribution in [1.29, 1.82) is 0 Å². The summed E-state index contributed by atoms with van der Waals surface area (Å²) in [5, 5.41) is 0.518. The highest BCUT2D eigenvalue weighted by Crippen LogP contribution is 2.27. The van der Waals surface area contributed by atoms with Gasteiger partial charge in [0.15, 0.2) is 0 Å². The Kier molecular flexibility index (Phi) is 3.91. The van der Waals surface area contributed by atoms with Crippen molar-refractivity contribution < 1.29 is 4.39 Å². The zero-order chi connectivity index (χ0) is 13.1. The van der Waals surface area contributed by atoms with Gasteiger partial charge in [-0.2, -0.15) is 0 Å². The number of hydrazine groups is 1. The Hall–Kier alpha value is -1.49. The minimum atomic E-state index is -0.362. The first-order chi connectivity index (χ1) is 8.63. The molecule has 0 saturated carbocycles. The molecule has 5 heteroatoms. The number of benzene rings is 1. The summed E-state index contributed by atoms with van der Waals surface area (Å²) in [6.07, 6.45) is 1.64. The lowest BCUT2D eigenvalue weighted by Crippen LogP contribution is -2.30. The van der Waals surface area contributed by atoms with E-state index >= 15 is 0 Å². The van der Waals surface area contributed by atoms with E-state index in [2.05, 4.69) is 10.4 Å². The molecule has 0 saturated heterocycles. The third kappa shape index (κ3) is 2.51. The van der Waals surface area contributed by atoms with Crippen LogP contribution in [-0.2, 0) is 0 Å². The van der Waals surface area contributed by atoms with Crippen LogP contribution in [0.1, 0.15) is 22.9 Å². The fourth-order valence-electron chi connectivity index (χ4n) is 1.89. The van der Waals surface area contributed by atoms with Gasteiger partial charge in [0.05, 0.1) is 16.8 Å². The van der Waals surface area contributed by atoms with Crippen LogP contribution in [-0.4, -0.2) is 4.98 Å². The van der Waals surface area contributed by atoms with Crippen molar-refractivity contribution in [3.8, 4) is 0 Å². The molecule has 0 bridgehead atoms. The molecular formula is C13H13ClFN3. The van der Waals surface area contributed by atoms with Crippen molar-refractivity contribution in [2.45, 2.75) is 13.0 Å². The van der Waals surface area contributed by atoms with Gasteiger partial charge in [0.25, 0.3) is 0 Å². The summed E-state index contributed by atoms with van der Waals surface area (Å²) in [6, 6.07) is 7.66. The van der Waals surface area contributed by atoms with Crippen molar-refractivity contribution in [1.82, 2.24) is 10.4 Å². The predicted molar refractivity (Wildman–Crippen MR) is 69.6 cm³/mol. The number of hydrogen-bond acceptors (Lipinski definition) is 3. The van der Waals surface area contributed by atoms with Crippen molar-refractivity contribution >= 4 is 11.6 Å². The Morgan fingerprint density at radius 2 is 2.17 bits per heavy atom. The van der Waals surface area contributed by atoms with E-state index < -0.39 is 0 Å². The molecule has 94 valence electrons. The SMILES string of the molecule is Cc1cc(F)ccc1C(NN)c1ncccc1Cl. The number of nitrogens with two attached hydrogens (primary N) is 1. The molecule has 0 spiro atoms. The van der Waals surface area contributed by atoms with Gasteiger partial charge in [0.2, 0.25) is 0 Å². The van der Waals surface area contributed by atoms with E-state index in [0.717, 1.165) is 11.1 Å². The van der Waals surface area contributed by atoms with E-state index in [4.69, 9.17) is 17.4 Å². The molecule has 0 aliphatic heterocycles. The molecule has 3 N–H and O–H groups in total. The Morgan fingerprint density at radius 1 is 1.39 bits per heavy atom. The molecule has 1 unspecified atom stereocenters. The second-order valence-electron chi connectivity index (χ2n) is 3.97. The summed E-state index contributed by atoms with van der Waals surface area (Å²) in [5.74, 6) is 5.29. The maximum absolute atomic E-state index is 13.1. The molecule has 2 rings (SSSR count). The Bertz CT molecular complexity index is 560. The first kappa shape index (κ1) is 13.0. The van der Waals surface area contributed by atoms with Gasteiger partial charge < -0.3 is 0 Å².